The monoisotopic (exact) mass is 360 g/mol. The van der Waals surface area contributed by atoms with Crippen LogP contribution in [-0.2, 0) is 0 Å². The second-order valence-electron chi connectivity index (χ2n) is 4.56. The lowest BCUT2D eigenvalue weighted by Gasteiger charge is -2.06. The molecule has 21 heavy (non-hydrogen) atoms. The lowest BCUT2D eigenvalue weighted by Crippen LogP contribution is -2.00. The van der Waals surface area contributed by atoms with E-state index in [-0.39, 0.29) is 5.78 Å². The first kappa shape index (κ1) is 14.3. The van der Waals surface area contributed by atoms with E-state index < -0.39 is 0 Å². The molecule has 0 unspecified atom stereocenters. The summed E-state index contributed by atoms with van der Waals surface area (Å²) in [7, 11) is 0. The molecule has 0 saturated carbocycles. The molecule has 0 aliphatic heterocycles. The summed E-state index contributed by atoms with van der Waals surface area (Å²) in [6.07, 6.45) is 0. The Morgan fingerprint density at radius 1 is 1.19 bits per heavy atom. The fraction of sp³-hybridized carbons (Fsp3) is 0.118. The number of ether oxygens (including phenoxy) is 1. The highest BCUT2D eigenvalue weighted by Gasteiger charge is 2.14. The van der Waals surface area contributed by atoms with Gasteiger partial charge in [0.15, 0.2) is 0 Å². The van der Waals surface area contributed by atoms with E-state index in [2.05, 4.69) is 15.9 Å². The highest BCUT2D eigenvalue weighted by atomic mass is 79.9. The summed E-state index contributed by atoms with van der Waals surface area (Å²) in [5.74, 6) is 0.797. The number of hydrogen-bond acceptors (Lipinski definition) is 3. The van der Waals surface area contributed by atoms with Gasteiger partial charge in [0.1, 0.15) is 5.75 Å². The van der Waals surface area contributed by atoms with Crippen LogP contribution in [-0.4, -0.2) is 12.4 Å². The van der Waals surface area contributed by atoms with Crippen LogP contribution in [0.3, 0.4) is 0 Å². The minimum atomic E-state index is 0.0416. The minimum absolute atomic E-state index is 0.0416. The Labute approximate surface area is 135 Å². The van der Waals surface area contributed by atoms with Crippen molar-refractivity contribution in [3.05, 3.63) is 63.4 Å². The summed E-state index contributed by atoms with van der Waals surface area (Å²) in [5, 5.41) is 1.11. The Kier molecular flexibility index (Phi) is 4.08. The first-order chi connectivity index (χ1) is 10.2. The molecule has 0 saturated heterocycles. The zero-order valence-corrected chi connectivity index (χ0v) is 13.8. The van der Waals surface area contributed by atoms with Gasteiger partial charge in [-0.05, 0) is 58.6 Å². The molecule has 1 heterocycles. The fourth-order valence-electron chi connectivity index (χ4n) is 2.15. The molecular weight excluding hydrogens is 348 g/mol. The van der Waals surface area contributed by atoms with E-state index in [0.29, 0.717) is 12.2 Å². The molecule has 3 rings (SSSR count). The van der Waals surface area contributed by atoms with Gasteiger partial charge in [0, 0.05) is 10.3 Å². The van der Waals surface area contributed by atoms with E-state index in [1.54, 1.807) is 0 Å². The molecule has 0 aliphatic carbocycles. The van der Waals surface area contributed by atoms with Crippen molar-refractivity contribution in [1.82, 2.24) is 0 Å². The van der Waals surface area contributed by atoms with Crippen LogP contribution in [0.25, 0.3) is 10.1 Å². The zero-order valence-electron chi connectivity index (χ0n) is 11.4. The van der Waals surface area contributed by atoms with Gasteiger partial charge in [-0.2, -0.15) is 0 Å². The number of benzene rings is 2. The van der Waals surface area contributed by atoms with Crippen LogP contribution >= 0.6 is 27.3 Å². The number of halogens is 1. The maximum Gasteiger partial charge on any atom is 0.203 e. The number of thiophene rings is 1. The fourth-order valence-corrected chi connectivity index (χ4v) is 3.67. The van der Waals surface area contributed by atoms with Crippen LogP contribution in [0, 0.1) is 0 Å². The van der Waals surface area contributed by atoms with Crippen LogP contribution in [0.15, 0.2) is 53.0 Å². The van der Waals surface area contributed by atoms with Crippen LogP contribution in [0.2, 0.25) is 0 Å². The summed E-state index contributed by atoms with van der Waals surface area (Å²) >= 11 is 4.97. The van der Waals surface area contributed by atoms with Gasteiger partial charge in [0.25, 0.3) is 0 Å². The second kappa shape index (κ2) is 6.00. The van der Waals surface area contributed by atoms with Crippen molar-refractivity contribution in [2.45, 2.75) is 6.92 Å². The summed E-state index contributed by atoms with van der Waals surface area (Å²) < 4.78 is 7.40. The number of rotatable bonds is 4. The van der Waals surface area contributed by atoms with Crippen LogP contribution in [0.5, 0.6) is 5.75 Å². The Morgan fingerprint density at radius 3 is 2.71 bits per heavy atom. The van der Waals surface area contributed by atoms with E-state index >= 15 is 0 Å². The Bertz CT molecular complexity index is 774. The first-order valence-electron chi connectivity index (χ1n) is 6.64. The molecule has 3 aromatic rings. The van der Waals surface area contributed by atoms with E-state index in [0.717, 1.165) is 25.2 Å². The first-order valence-corrected chi connectivity index (χ1v) is 8.25. The van der Waals surface area contributed by atoms with Crippen LogP contribution in [0.1, 0.15) is 22.2 Å². The van der Waals surface area contributed by atoms with E-state index in [1.165, 1.54) is 11.3 Å². The van der Waals surface area contributed by atoms with Gasteiger partial charge in [-0.25, -0.2) is 0 Å². The maximum atomic E-state index is 12.6. The molecule has 2 aromatic carbocycles. The van der Waals surface area contributed by atoms with E-state index in [4.69, 9.17) is 4.74 Å². The van der Waals surface area contributed by atoms with Crippen molar-refractivity contribution in [2.75, 3.05) is 6.61 Å². The predicted molar refractivity (Wildman–Crippen MR) is 90.6 cm³/mol. The van der Waals surface area contributed by atoms with Crippen molar-refractivity contribution >= 4 is 43.1 Å². The predicted octanol–water partition coefficient (Wildman–Crippen LogP) is 5.29. The molecule has 4 heteroatoms. The average Bonchev–Trinajstić information content (AvgIpc) is 2.92. The summed E-state index contributed by atoms with van der Waals surface area (Å²) in [5.41, 5.74) is 0.664. The van der Waals surface area contributed by atoms with Gasteiger partial charge in [-0.3, -0.25) is 4.79 Å². The number of ketones is 1. The number of fused-ring (bicyclic) bond motifs is 1. The highest BCUT2D eigenvalue weighted by Crippen LogP contribution is 2.30. The van der Waals surface area contributed by atoms with Gasteiger partial charge >= 0.3 is 0 Å². The Hall–Kier alpha value is -1.65. The summed E-state index contributed by atoms with van der Waals surface area (Å²) in [6.45, 7) is 2.53. The van der Waals surface area contributed by atoms with Crippen molar-refractivity contribution in [1.29, 1.82) is 0 Å². The Morgan fingerprint density at radius 2 is 2.00 bits per heavy atom. The molecule has 0 spiro atoms. The average molecular weight is 361 g/mol. The molecule has 106 valence electrons. The van der Waals surface area contributed by atoms with Gasteiger partial charge in [-0.15, -0.1) is 11.3 Å². The SMILES string of the molecule is CCOc1ccc(C(=O)c2cc3ccccc3s2)cc1Br. The van der Waals surface area contributed by atoms with E-state index in [9.17, 15) is 4.79 Å². The van der Waals surface area contributed by atoms with Crippen molar-refractivity contribution in [2.24, 2.45) is 0 Å². The third kappa shape index (κ3) is 2.87. The summed E-state index contributed by atoms with van der Waals surface area (Å²) in [4.78, 5) is 13.3. The van der Waals surface area contributed by atoms with Gasteiger partial charge < -0.3 is 4.74 Å². The zero-order chi connectivity index (χ0) is 14.8. The normalized spacial score (nSPS) is 10.8. The quantitative estimate of drug-likeness (QED) is 0.590. The molecule has 0 bridgehead atoms. The van der Waals surface area contributed by atoms with Gasteiger partial charge in [0.05, 0.1) is 16.0 Å². The number of carbonyl (C=O) groups excluding carboxylic acids is 1. The van der Waals surface area contributed by atoms with Crippen LogP contribution < -0.4 is 4.74 Å². The van der Waals surface area contributed by atoms with Crippen molar-refractivity contribution in [3.63, 3.8) is 0 Å². The van der Waals surface area contributed by atoms with Crippen LogP contribution in [0.4, 0.5) is 0 Å². The third-order valence-electron chi connectivity index (χ3n) is 3.14. The molecule has 1 aromatic heterocycles. The van der Waals surface area contributed by atoms with Crippen molar-refractivity contribution < 1.29 is 9.53 Å². The maximum absolute atomic E-state index is 12.6. The molecule has 2 nitrogen and oxygen atoms in total. The topological polar surface area (TPSA) is 26.3 Å². The number of hydrogen-bond donors (Lipinski definition) is 0. The molecule has 0 atom stereocenters. The lowest BCUT2D eigenvalue weighted by atomic mass is 10.1. The summed E-state index contributed by atoms with van der Waals surface area (Å²) in [6, 6.07) is 15.4. The minimum Gasteiger partial charge on any atom is -0.493 e. The molecular formula is C17H13BrO2S. The molecule has 0 radical (unpaired) electrons. The molecule has 0 N–H and O–H groups in total. The highest BCUT2D eigenvalue weighted by molar-refractivity contribution is 9.10. The van der Waals surface area contributed by atoms with Gasteiger partial charge in [-0.1, -0.05) is 18.2 Å². The number of carbonyl (C=O) groups is 1. The van der Waals surface area contributed by atoms with Crippen molar-refractivity contribution in [3.8, 4) is 5.75 Å². The molecule has 0 aliphatic rings. The standard InChI is InChI=1S/C17H13BrO2S/c1-2-20-14-8-7-12(9-13(14)18)17(19)16-10-11-5-3-4-6-15(11)21-16/h3-10H,2H2,1H3. The van der Waals surface area contributed by atoms with Gasteiger partial charge in [0.2, 0.25) is 5.78 Å². The molecule has 0 amide bonds. The molecule has 0 fully saturated rings. The lowest BCUT2D eigenvalue weighted by molar-refractivity contribution is 0.104. The van der Waals surface area contributed by atoms with E-state index in [1.807, 2.05) is 55.5 Å². The second-order valence-corrected chi connectivity index (χ2v) is 6.49. The Balaban J connectivity index is 1.96. The third-order valence-corrected chi connectivity index (χ3v) is 4.88. The largest absolute Gasteiger partial charge is 0.493 e. The smallest absolute Gasteiger partial charge is 0.203 e.